The summed E-state index contributed by atoms with van der Waals surface area (Å²) in [4.78, 5) is 4.50. The third kappa shape index (κ3) is 3.57. The van der Waals surface area contributed by atoms with Gasteiger partial charge in [0, 0.05) is 25.4 Å². The molecule has 0 radical (unpaired) electrons. The Hall–Kier alpha value is -2.25. The van der Waals surface area contributed by atoms with Crippen LogP contribution in [0.3, 0.4) is 0 Å². The van der Waals surface area contributed by atoms with E-state index in [1.165, 1.54) is 12.1 Å². The number of halogens is 1. The van der Waals surface area contributed by atoms with E-state index >= 15 is 0 Å². The molecule has 0 saturated carbocycles. The van der Waals surface area contributed by atoms with Crippen LogP contribution in [0.15, 0.2) is 53.7 Å². The van der Waals surface area contributed by atoms with Crippen molar-refractivity contribution in [1.29, 1.82) is 0 Å². The molecule has 0 amide bonds. The highest BCUT2D eigenvalue weighted by atomic mass is 32.2. The van der Waals surface area contributed by atoms with Crippen LogP contribution in [0.5, 0.6) is 0 Å². The molecule has 0 atom stereocenters. The van der Waals surface area contributed by atoms with Gasteiger partial charge in [-0.1, -0.05) is 0 Å². The van der Waals surface area contributed by atoms with Crippen LogP contribution in [0.4, 0.5) is 4.39 Å². The van der Waals surface area contributed by atoms with E-state index in [-0.39, 0.29) is 11.4 Å². The lowest BCUT2D eigenvalue weighted by Crippen LogP contribution is -2.26. The Balaban J connectivity index is 1.66. The molecule has 3 aromatic rings. The molecule has 1 N–H and O–H groups in total. The molecule has 23 heavy (non-hydrogen) atoms. The zero-order valence-electron chi connectivity index (χ0n) is 12.5. The second-order valence-corrected chi connectivity index (χ2v) is 7.07. The lowest BCUT2D eigenvalue weighted by molar-refractivity contribution is 0.580. The second-order valence-electron chi connectivity index (χ2n) is 5.30. The first-order valence-corrected chi connectivity index (χ1v) is 8.62. The summed E-state index contributed by atoms with van der Waals surface area (Å²) in [6.45, 7) is 2.22. The molecule has 0 bridgehead atoms. The molecule has 7 heteroatoms. The number of imidazole rings is 1. The predicted octanol–water partition coefficient (Wildman–Crippen LogP) is 2.30. The second kappa shape index (κ2) is 6.10. The number of aromatic nitrogens is 2. The molecule has 5 nitrogen and oxygen atoms in total. The van der Waals surface area contributed by atoms with Crippen LogP contribution in [-0.4, -0.2) is 24.3 Å². The van der Waals surface area contributed by atoms with Crippen molar-refractivity contribution < 1.29 is 12.8 Å². The standard InChI is InChI=1S/C16H16FN3O2S/c1-12-7-9-20-11-14(19-16(20)10-12)6-8-18-23(21,22)15-4-2-13(17)3-5-15/h2-5,7,9-11,18H,6,8H2,1H3. The quantitative estimate of drug-likeness (QED) is 0.779. The Morgan fingerprint density at radius 2 is 1.96 bits per heavy atom. The van der Waals surface area contributed by atoms with E-state index in [0.29, 0.717) is 6.42 Å². The van der Waals surface area contributed by atoms with E-state index in [4.69, 9.17) is 0 Å². The largest absolute Gasteiger partial charge is 0.307 e. The summed E-state index contributed by atoms with van der Waals surface area (Å²) in [6, 6.07) is 8.68. The van der Waals surface area contributed by atoms with Gasteiger partial charge in [0.15, 0.2) is 0 Å². The Morgan fingerprint density at radius 3 is 2.70 bits per heavy atom. The minimum absolute atomic E-state index is 0.0459. The van der Waals surface area contributed by atoms with Gasteiger partial charge < -0.3 is 4.40 Å². The van der Waals surface area contributed by atoms with E-state index in [1.54, 1.807) is 0 Å². The van der Waals surface area contributed by atoms with Gasteiger partial charge >= 0.3 is 0 Å². The predicted molar refractivity (Wildman–Crippen MR) is 85.2 cm³/mol. The highest BCUT2D eigenvalue weighted by Gasteiger charge is 2.13. The molecule has 0 fully saturated rings. The number of rotatable bonds is 5. The summed E-state index contributed by atoms with van der Waals surface area (Å²) < 4.78 is 41.4. The highest BCUT2D eigenvalue weighted by molar-refractivity contribution is 7.89. The van der Waals surface area contributed by atoms with Crippen LogP contribution < -0.4 is 4.72 Å². The topological polar surface area (TPSA) is 63.5 Å². The molecule has 0 aliphatic carbocycles. The summed E-state index contributed by atoms with van der Waals surface area (Å²) >= 11 is 0. The Morgan fingerprint density at radius 1 is 1.22 bits per heavy atom. The number of sulfonamides is 1. The van der Waals surface area contributed by atoms with Crippen LogP contribution in [-0.2, 0) is 16.4 Å². The van der Waals surface area contributed by atoms with Crippen LogP contribution in [0.1, 0.15) is 11.3 Å². The average molecular weight is 333 g/mol. The molecule has 3 rings (SSSR count). The van der Waals surface area contributed by atoms with Crippen LogP contribution in [0.25, 0.3) is 5.65 Å². The van der Waals surface area contributed by atoms with Crippen molar-refractivity contribution in [2.24, 2.45) is 0 Å². The molecule has 0 aliphatic rings. The summed E-state index contributed by atoms with van der Waals surface area (Å²) in [7, 11) is -3.64. The van der Waals surface area contributed by atoms with Gasteiger partial charge in [-0.25, -0.2) is 22.5 Å². The van der Waals surface area contributed by atoms with E-state index < -0.39 is 15.8 Å². The number of pyridine rings is 1. The van der Waals surface area contributed by atoms with Gasteiger partial charge in [0.2, 0.25) is 10.0 Å². The minimum Gasteiger partial charge on any atom is -0.307 e. The van der Waals surface area contributed by atoms with E-state index in [2.05, 4.69) is 9.71 Å². The Labute approximate surface area is 133 Å². The van der Waals surface area contributed by atoms with Crippen molar-refractivity contribution in [2.75, 3.05) is 6.54 Å². The zero-order chi connectivity index (χ0) is 16.4. The van der Waals surface area contributed by atoms with Crippen molar-refractivity contribution >= 4 is 15.7 Å². The summed E-state index contributed by atoms with van der Waals surface area (Å²) in [5, 5.41) is 0. The molecule has 120 valence electrons. The molecular formula is C16H16FN3O2S. The number of fused-ring (bicyclic) bond motifs is 1. The maximum absolute atomic E-state index is 12.9. The number of hydrogen-bond acceptors (Lipinski definition) is 3. The molecule has 0 spiro atoms. The molecule has 0 aliphatic heterocycles. The normalized spacial score (nSPS) is 11.9. The third-order valence-corrected chi connectivity index (χ3v) is 4.94. The van der Waals surface area contributed by atoms with Gasteiger partial charge in [0.1, 0.15) is 11.5 Å². The SMILES string of the molecule is Cc1ccn2cc(CCNS(=O)(=O)c3ccc(F)cc3)nc2c1. The maximum Gasteiger partial charge on any atom is 0.240 e. The fourth-order valence-electron chi connectivity index (χ4n) is 2.27. The lowest BCUT2D eigenvalue weighted by Gasteiger charge is -2.05. The van der Waals surface area contributed by atoms with Gasteiger partial charge in [-0.15, -0.1) is 0 Å². The summed E-state index contributed by atoms with van der Waals surface area (Å²) in [6.07, 6.45) is 4.27. The van der Waals surface area contributed by atoms with Gasteiger partial charge in [-0.3, -0.25) is 0 Å². The molecule has 0 saturated heterocycles. The summed E-state index contributed by atoms with van der Waals surface area (Å²) in [5.41, 5.74) is 2.76. The Kier molecular flexibility index (Phi) is 4.14. The van der Waals surface area contributed by atoms with Crippen molar-refractivity contribution in [3.05, 3.63) is 65.9 Å². The Bertz CT molecular complexity index is 934. The molecule has 1 aromatic carbocycles. The first-order valence-electron chi connectivity index (χ1n) is 7.13. The molecule has 2 heterocycles. The number of nitrogens with one attached hydrogen (secondary N) is 1. The number of aryl methyl sites for hydroxylation is 1. The molecule has 2 aromatic heterocycles. The fourth-order valence-corrected chi connectivity index (χ4v) is 3.30. The first kappa shape index (κ1) is 15.6. The van der Waals surface area contributed by atoms with Gasteiger partial charge in [0.25, 0.3) is 0 Å². The van der Waals surface area contributed by atoms with E-state index in [9.17, 15) is 12.8 Å². The highest BCUT2D eigenvalue weighted by Crippen LogP contribution is 2.10. The average Bonchev–Trinajstić information content (AvgIpc) is 2.89. The summed E-state index contributed by atoms with van der Waals surface area (Å²) in [5.74, 6) is -0.469. The van der Waals surface area contributed by atoms with Crippen molar-refractivity contribution in [1.82, 2.24) is 14.1 Å². The van der Waals surface area contributed by atoms with Crippen LogP contribution in [0, 0.1) is 12.7 Å². The lowest BCUT2D eigenvalue weighted by atomic mass is 10.3. The van der Waals surface area contributed by atoms with E-state index in [1.807, 2.05) is 35.9 Å². The van der Waals surface area contributed by atoms with Gasteiger partial charge in [0.05, 0.1) is 10.6 Å². The maximum atomic E-state index is 12.9. The van der Waals surface area contributed by atoms with Crippen LogP contribution in [0.2, 0.25) is 0 Å². The number of hydrogen-bond donors (Lipinski definition) is 1. The monoisotopic (exact) mass is 333 g/mol. The molecule has 0 unspecified atom stereocenters. The van der Waals surface area contributed by atoms with Crippen LogP contribution >= 0.6 is 0 Å². The van der Waals surface area contributed by atoms with E-state index in [0.717, 1.165) is 29.0 Å². The first-order chi connectivity index (χ1) is 10.9. The minimum atomic E-state index is -3.64. The number of nitrogens with zero attached hydrogens (tertiary/aromatic N) is 2. The fraction of sp³-hybridized carbons (Fsp3) is 0.188. The smallest absolute Gasteiger partial charge is 0.240 e. The third-order valence-electron chi connectivity index (χ3n) is 3.46. The number of benzene rings is 1. The van der Waals surface area contributed by atoms with Crippen molar-refractivity contribution in [2.45, 2.75) is 18.2 Å². The van der Waals surface area contributed by atoms with Gasteiger partial charge in [-0.05, 0) is 48.9 Å². The van der Waals surface area contributed by atoms with Crippen molar-refractivity contribution in [3.63, 3.8) is 0 Å². The van der Waals surface area contributed by atoms with Crippen molar-refractivity contribution in [3.8, 4) is 0 Å². The molecular weight excluding hydrogens is 317 g/mol. The zero-order valence-corrected chi connectivity index (χ0v) is 13.3. The van der Waals surface area contributed by atoms with Gasteiger partial charge in [-0.2, -0.15) is 0 Å².